The Hall–Kier alpha value is -2.61. The predicted molar refractivity (Wildman–Crippen MR) is 95.2 cm³/mol. The van der Waals surface area contributed by atoms with Gasteiger partial charge >= 0.3 is 0 Å². The highest BCUT2D eigenvalue weighted by atomic mass is 32.2. The van der Waals surface area contributed by atoms with E-state index in [1.54, 1.807) is 24.3 Å². The van der Waals surface area contributed by atoms with Crippen molar-refractivity contribution in [2.24, 2.45) is 0 Å². The first-order valence-electron chi connectivity index (χ1n) is 7.49. The van der Waals surface area contributed by atoms with E-state index in [2.05, 4.69) is 11.8 Å². The Bertz CT molecular complexity index is 1010. The number of fused-ring (bicyclic) bond motifs is 1. The minimum Gasteiger partial charge on any atom is -0.376 e. The molecule has 1 atom stereocenters. The number of aliphatic hydroxyl groups excluding tert-OH is 1. The van der Waals surface area contributed by atoms with E-state index in [-0.39, 0.29) is 10.6 Å². The van der Waals surface area contributed by atoms with E-state index in [0.717, 1.165) is 10.8 Å². The van der Waals surface area contributed by atoms with Crippen molar-refractivity contribution in [3.8, 4) is 11.8 Å². The second kappa shape index (κ2) is 6.88. The Morgan fingerprint density at radius 1 is 0.875 bits per heavy atom. The number of aliphatic hydroxyl groups is 1. The number of hydrogen-bond acceptors (Lipinski definition) is 3. The SMILES string of the molecule is O=S(=O)(CC#CC(O)c1ccc2ccccc2c1)c1ccccc1. The first-order chi connectivity index (χ1) is 11.6. The summed E-state index contributed by atoms with van der Waals surface area (Å²) in [5.74, 6) is 4.88. The van der Waals surface area contributed by atoms with Crippen molar-refractivity contribution in [2.75, 3.05) is 5.75 Å². The van der Waals surface area contributed by atoms with Gasteiger partial charge in [-0.1, -0.05) is 66.4 Å². The van der Waals surface area contributed by atoms with Crippen molar-refractivity contribution >= 4 is 20.6 Å². The molecule has 3 rings (SSSR count). The van der Waals surface area contributed by atoms with Crippen LogP contribution in [0.5, 0.6) is 0 Å². The molecule has 0 aliphatic carbocycles. The Morgan fingerprint density at radius 2 is 1.54 bits per heavy atom. The summed E-state index contributed by atoms with van der Waals surface area (Å²) < 4.78 is 24.3. The Kier molecular flexibility index (Phi) is 4.66. The van der Waals surface area contributed by atoms with Gasteiger partial charge in [-0.25, -0.2) is 8.42 Å². The fourth-order valence-corrected chi connectivity index (χ4v) is 3.42. The van der Waals surface area contributed by atoms with Crippen LogP contribution in [-0.4, -0.2) is 19.3 Å². The van der Waals surface area contributed by atoms with E-state index >= 15 is 0 Å². The molecular formula is C20H16O3S. The van der Waals surface area contributed by atoms with Crippen LogP contribution in [0.1, 0.15) is 11.7 Å². The summed E-state index contributed by atoms with van der Waals surface area (Å²) in [6.45, 7) is 0. The Labute approximate surface area is 141 Å². The molecule has 24 heavy (non-hydrogen) atoms. The molecule has 0 amide bonds. The molecule has 120 valence electrons. The average Bonchev–Trinajstić information content (AvgIpc) is 2.62. The van der Waals surface area contributed by atoms with E-state index in [4.69, 9.17) is 0 Å². The monoisotopic (exact) mass is 336 g/mol. The van der Waals surface area contributed by atoms with Crippen LogP contribution in [-0.2, 0) is 9.84 Å². The van der Waals surface area contributed by atoms with Gasteiger partial charge < -0.3 is 5.11 Å². The molecule has 0 saturated carbocycles. The maximum atomic E-state index is 12.1. The van der Waals surface area contributed by atoms with Crippen molar-refractivity contribution in [1.82, 2.24) is 0 Å². The van der Waals surface area contributed by atoms with Gasteiger partial charge in [0, 0.05) is 0 Å². The molecule has 0 bridgehead atoms. The lowest BCUT2D eigenvalue weighted by molar-refractivity contribution is 0.238. The summed E-state index contributed by atoms with van der Waals surface area (Å²) in [7, 11) is -3.46. The van der Waals surface area contributed by atoms with Crippen molar-refractivity contribution in [1.29, 1.82) is 0 Å². The second-order valence-electron chi connectivity index (χ2n) is 5.40. The topological polar surface area (TPSA) is 54.4 Å². The molecule has 1 N–H and O–H groups in total. The minimum atomic E-state index is -3.46. The van der Waals surface area contributed by atoms with Gasteiger partial charge in [0.15, 0.2) is 9.84 Å². The Morgan fingerprint density at radius 3 is 2.29 bits per heavy atom. The normalized spacial score (nSPS) is 12.4. The van der Waals surface area contributed by atoms with Gasteiger partial charge in [0.25, 0.3) is 0 Å². The van der Waals surface area contributed by atoms with Gasteiger partial charge in [0.1, 0.15) is 11.9 Å². The average molecular weight is 336 g/mol. The highest BCUT2D eigenvalue weighted by molar-refractivity contribution is 7.91. The molecule has 3 aromatic carbocycles. The molecule has 4 heteroatoms. The predicted octanol–water partition coefficient (Wildman–Crippen LogP) is 3.35. The first kappa shape index (κ1) is 16.3. The standard InChI is InChI=1S/C20H16O3S/c21-20(18-13-12-16-7-4-5-8-17(16)15-18)11-6-14-24(22,23)19-9-2-1-3-10-19/h1-5,7-10,12-13,15,20-21H,14H2. The van der Waals surface area contributed by atoms with E-state index in [9.17, 15) is 13.5 Å². The lowest BCUT2D eigenvalue weighted by Gasteiger charge is -2.05. The number of hydrogen-bond donors (Lipinski definition) is 1. The third-order valence-electron chi connectivity index (χ3n) is 3.69. The molecule has 0 saturated heterocycles. The smallest absolute Gasteiger partial charge is 0.189 e. The molecule has 0 aromatic heterocycles. The van der Waals surface area contributed by atoms with Crippen LogP contribution in [0.25, 0.3) is 10.8 Å². The molecule has 0 aliphatic heterocycles. The first-order valence-corrected chi connectivity index (χ1v) is 9.14. The summed E-state index contributed by atoms with van der Waals surface area (Å²) in [6.07, 6.45) is -1.01. The number of rotatable bonds is 3. The summed E-state index contributed by atoms with van der Waals surface area (Å²) in [6, 6.07) is 21.6. The Balaban J connectivity index is 1.77. The van der Waals surface area contributed by atoms with E-state index < -0.39 is 15.9 Å². The lowest BCUT2D eigenvalue weighted by atomic mass is 10.0. The second-order valence-corrected chi connectivity index (χ2v) is 7.39. The van der Waals surface area contributed by atoms with Gasteiger partial charge in [-0.15, -0.1) is 0 Å². The third-order valence-corrected chi connectivity index (χ3v) is 5.21. The molecule has 1 unspecified atom stereocenters. The summed E-state index contributed by atoms with van der Waals surface area (Å²) in [5, 5.41) is 12.3. The molecule has 0 fully saturated rings. The van der Waals surface area contributed by atoms with Gasteiger partial charge in [0.2, 0.25) is 0 Å². The van der Waals surface area contributed by atoms with E-state index in [1.807, 2.05) is 36.4 Å². The van der Waals surface area contributed by atoms with Gasteiger partial charge in [-0.2, -0.15) is 0 Å². The summed E-state index contributed by atoms with van der Waals surface area (Å²) >= 11 is 0. The van der Waals surface area contributed by atoms with Crippen LogP contribution >= 0.6 is 0 Å². The molecular weight excluding hydrogens is 320 g/mol. The maximum absolute atomic E-state index is 12.1. The van der Waals surface area contributed by atoms with Crippen molar-refractivity contribution in [3.63, 3.8) is 0 Å². The summed E-state index contributed by atoms with van der Waals surface area (Å²) in [5.41, 5.74) is 0.651. The lowest BCUT2D eigenvalue weighted by Crippen LogP contribution is -2.05. The zero-order valence-electron chi connectivity index (χ0n) is 12.9. The van der Waals surface area contributed by atoms with E-state index in [1.165, 1.54) is 12.1 Å². The number of sulfone groups is 1. The third kappa shape index (κ3) is 3.65. The van der Waals surface area contributed by atoms with Crippen LogP contribution in [0.4, 0.5) is 0 Å². The molecule has 0 spiro atoms. The molecule has 0 radical (unpaired) electrons. The fourth-order valence-electron chi connectivity index (χ4n) is 2.41. The van der Waals surface area contributed by atoms with Crippen molar-refractivity contribution < 1.29 is 13.5 Å². The van der Waals surface area contributed by atoms with Crippen LogP contribution in [0.15, 0.2) is 77.7 Å². The summed E-state index contributed by atoms with van der Waals surface area (Å²) in [4.78, 5) is 0.236. The number of benzene rings is 3. The van der Waals surface area contributed by atoms with Gasteiger partial charge in [-0.05, 0) is 34.5 Å². The van der Waals surface area contributed by atoms with Crippen LogP contribution in [0.3, 0.4) is 0 Å². The molecule has 0 heterocycles. The molecule has 3 aromatic rings. The van der Waals surface area contributed by atoms with Crippen LogP contribution in [0, 0.1) is 11.8 Å². The fraction of sp³-hybridized carbons (Fsp3) is 0.100. The van der Waals surface area contributed by atoms with Crippen molar-refractivity contribution in [3.05, 3.63) is 78.4 Å². The van der Waals surface area contributed by atoms with E-state index in [0.29, 0.717) is 5.56 Å². The molecule has 0 aliphatic rings. The molecule has 3 nitrogen and oxygen atoms in total. The van der Waals surface area contributed by atoms with Crippen molar-refractivity contribution in [2.45, 2.75) is 11.0 Å². The maximum Gasteiger partial charge on any atom is 0.189 e. The zero-order valence-corrected chi connectivity index (χ0v) is 13.7. The van der Waals surface area contributed by atoms with Crippen LogP contribution < -0.4 is 0 Å². The largest absolute Gasteiger partial charge is 0.376 e. The van der Waals surface area contributed by atoms with Gasteiger partial charge in [0.05, 0.1) is 4.90 Å². The quantitative estimate of drug-likeness (QED) is 0.746. The highest BCUT2D eigenvalue weighted by Gasteiger charge is 2.12. The highest BCUT2D eigenvalue weighted by Crippen LogP contribution is 2.20. The van der Waals surface area contributed by atoms with Crippen LogP contribution in [0.2, 0.25) is 0 Å². The minimum absolute atomic E-state index is 0.236. The van der Waals surface area contributed by atoms with Gasteiger partial charge in [-0.3, -0.25) is 0 Å². The zero-order chi connectivity index (χ0) is 17.0.